The maximum Gasteiger partial charge on any atom is 0.161 e. The van der Waals surface area contributed by atoms with Crippen LogP contribution in [0.1, 0.15) is 25.0 Å². The number of rotatable bonds is 4. The third kappa shape index (κ3) is 4.30. The van der Waals surface area contributed by atoms with E-state index in [9.17, 15) is 0 Å². The predicted molar refractivity (Wildman–Crippen MR) is 206 cm³/mol. The van der Waals surface area contributed by atoms with Crippen LogP contribution in [0, 0.1) is 0 Å². The first-order chi connectivity index (χ1) is 24.5. The fourth-order valence-corrected chi connectivity index (χ4v) is 8.04. The fourth-order valence-electron chi connectivity index (χ4n) is 8.04. The van der Waals surface area contributed by atoms with Crippen molar-refractivity contribution in [1.82, 2.24) is 9.97 Å². The number of hydrogen-bond acceptors (Lipinski definition) is 3. The van der Waals surface area contributed by atoms with Crippen molar-refractivity contribution in [2.45, 2.75) is 19.3 Å². The Morgan fingerprint density at radius 2 is 1.12 bits per heavy atom. The minimum Gasteiger partial charge on any atom is -0.456 e. The molecular weight excluding hydrogens is 609 g/mol. The van der Waals surface area contributed by atoms with Crippen molar-refractivity contribution in [2.24, 2.45) is 0 Å². The second-order valence-corrected chi connectivity index (χ2v) is 13.7. The molecule has 3 nitrogen and oxygen atoms in total. The molecule has 0 radical (unpaired) electrons. The molecule has 2 heterocycles. The number of aromatic nitrogens is 2. The molecule has 0 atom stereocenters. The Balaban J connectivity index is 1.16. The first kappa shape index (κ1) is 28.7. The van der Waals surface area contributed by atoms with Crippen LogP contribution in [0.5, 0.6) is 0 Å². The van der Waals surface area contributed by atoms with Gasteiger partial charge in [-0.2, -0.15) is 0 Å². The average molecular weight is 641 g/mol. The molecule has 0 saturated carbocycles. The van der Waals surface area contributed by atoms with Gasteiger partial charge in [0, 0.05) is 32.7 Å². The van der Waals surface area contributed by atoms with Crippen LogP contribution in [0.2, 0.25) is 0 Å². The van der Waals surface area contributed by atoms with Gasteiger partial charge >= 0.3 is 0 Å². The van der Waals surface area contributed by atoms with Crippen LogP contribution < -0.4 is 0 Å². The first-order valence-corrected chi connectivity index (χ1v) is 17.2. The Morgan fingerprint density at radius 3 is 2.00 bits per heavy atom. The highest BCUT2D eigenvalue weighted by Gasteiger charge is 2.36. The van der Waals surface area contributed by atoms with Gasteiger partial charge in [0.1, 0.15) is 11.2 Å². The summed E-state index contributed by atoms with van der Waals surface area (Å²) in [5, 5.41) is 3.11. The molecule has 1 aliphatic rings. The molecule has 50 heavy (non-hydrogen) atoms. The molecule has 0 N–H and O–H groups in total. The number of para-hydroxylation sites is 1. The van der Waals surface area contributed by atoms with Crippen molar-refractivity contribution in [3.05, 3.63) is 169 Å². The molecule has 236 valence electrons. The smallest absolute Gasteiger partial charge is 0.161 e. The number of nitrogens with zero attached hydrogens (tertiary/aromatic N) is 2. The highest BCUT2D eigenvalue weighted by atomic mass is 16.3. The zero-order chi connectivity index (χ0) is 33.4. The predicted octanol–water partition coefficient (Wildman–Crippen LogP) is 12.5. The Hall–Kier alpha value is -6.32. The number of benzene rings is 7. The highest BCUT2D eigenvalue weighted by molar-refractivity contribution is 6.13. The number of hydrogen-bond donors (Lipinski definition) is 0. The molecular formula is C47H32N2O. The van der Waals surface area contributed by atoms with E-state index in [1.165, 1.54) is 38.9 Å². The lowest BCUT2D eigenvalue weighted by atomic mass is 9.82. The van der Waals surface area contributed by atoms with Crippen LogP contribution >= 0.6 is 0 Å². The quantitative estimate of drug-likeness (QED) is 0.192. The molecule has 1 aliphatic carbocycles. The SMILES string of the molecule is CC1(C)c2ccccc2-c2c(-c3ccc4oc5cccc(-c6nc(-c7ccc(-c8ccccc8)cc7)c7ccccc7n6)c5c4c3)cccc21. The van der Waals surface area contributed by atoms with Gasteiger partial charge in [0.25, 0.3) is 0 Å². The van der Waals surface area contributed by atoms with Crippen LogP contribution in [-0.2, 0) is 5.41 Å². The summed E-state index contributed by atoms with van der Waals surface area (Å²) in [5.74, 6) is 0.681. The van der Waals surface area contributed by atoms with Crippen molar-refractivity contribution in [2.75, 3.05) is 0 Å². The Kier molecular flexibility index (Phi) is 6.22. The summed E-state index contributed by atoms with van der Waals surface area (Å²) in [4.78, 5) is 10.4. The second-order valence-electron chi connectivity index (χ2n) is 13.7. The fraction of sp³-hybridized carbons (Fsp3) is 0.0638. The maximum atomic E-state index is 6.49. The van der Waals surface area contributed by atoms with Gasteiger partial charge in [-0.3, -0.25) is 0 Å². The zero-order valence-corrected chi connectivity index (χ0v) is 27.8. The maximum absolute atomic E-state index is 6.49. The normalized spacial score (nSPS) is 13.2. The molecule has 7 aromatic carbocycles. The topological polar surface area (TPSA) is 38.9 Å². The highest BCUT2D eigenvalue weighted by Crippen LogP contribution is 2.52. The van der Waals surface area contributed by atoms with Crippen molar-refractivity contribution in [3.63, 3.8) is 0 Å². The summed E-state index contributed by atoms with van der Waals surface area (Å²) >= 11 is 0. The molecule has 0 bridgehead atoms. The van der Waals surface area contributed by atoms with Gasteiger partial charge in [0.15, 0.2) is 5.82 Å². The van der Waals surface area contributed by atoms with Crippen molar-refractivity contribution >= 4 is 32.8 Å². The molecule has 3 heteroatoms. The van der Waals surface area contributed by atoms with Gasteiger partial charge < -0.3 is 4.42 Å². The van der Waals surface area contributed by atoms with Crippen LogP contribution in [-0.4, -0.2) is 9.97 Å². The largest absolute Gasteiger partial charge is 0.456 e. The van der Waals surface area contributed by atoms with Gasteiger partial charge in [-0.15, -0.1) is 0 Å². The van der Waals surface area contributed by atoms with Gasteiger partial charge in [-0.1, -0.05) is 147 Å². The summed E-state index contributed by atoms with van der Waals surface area (Å²) in [5.41, 5.74) is 15.6. The van der Waals surface area contributed by atoms with Crippen LogP contribution in [0.4, 0.5) is 0 Å². The molecule has 2 aromatic heterocycles. The summed E-state index contributed by atoms with van der Waals surface area (Å²) in [6.07, 6.45) is 0. The molecule has 0 fully saturated rings. The summed E-state index contributed by atoms with van der Waals surface area (Å²) < 4.78 is 6.49. The van der Waals surface area contributed by atoms with E-state index in [-0.39, 0.29) is 5.41 Å². The number of furan rings is 1. The lowest BCUT2D eigenvalue weighted by molar-refractivity contribution is 0.660. The van der Waals surface area contributed by atoms with Crippen LogP contribution in [0.3, 0.4) is 0 Å². The summed E-state index contributed by atoms with van der Waals surface area (Å²) in [6.45, 7) is 4.66. The summed E-state index contributed by atoms with van der Waals surface area (Å²) in [6, 6.07) is 55.8. The van der Waals surface area contributed by atoms with Crippen LogP contribution in [0.15, 0.2) is 162 Å². The van der Waals surface area contributed by atoms with Crippen LogP contribution in [0.25, 0.3) is 88.9 Å². The monoisotopic (exact) mass is 640 g/mol. The summed E-state index contributed by atoms with van der Waals surface area (Å²) in [7, 11) is 0. The second kappa shape index (κ2) is 10.8. The van der Waals surface area contributed by atoms with Crippen molar-refractivity contribution in [3.8, 4) is 56.0 Å². The van der Waals surface area contributed by atoms with E-state index in [2.05, 4.69) is 147 Å². The standard InChI is InChI=1S/C47H32N2O/c1-47(2)38-18-8-6-14-34(38)43-33(16-10-19-39(43)47)32-26-27-41-37(28-32)44-36(17-11-21-42(44)50-41)46-48-40-20-9-7-15-35(40)45(49-46)31-24-22-30(23-25-31)29-12-4-3-5-13-29/h3-28H,1-2H3. The van der Waals surface area contributed by atoms with Gasteiger partial charge in [0.05, 0.1) is 11.2 Å². The average Bonchev–Trinajstić information content (AvgIpc) is 3.66. The van der Waals surface area contributed by atoms with E-state index >= 15 is 0 Å². The molecule has 0 unspecified atom stereocenters. The molecule has 0 spiro atoms. The van der Waals surface area contributed by atoms with Gasteiger partial charge in [-0.25, -0.2) is 9.97 Å². The lowest BCUT2D eigenvalue weighted by Crippen LogP contribution is -2.14. The van der Waals surface area contributed by atoms with E-state index in [4.69, 9.17) is 14.4 Å². The third-order valence-corrected chi connectivity index (χ3v) is 10.5. The van der Waals surface area contributed by atoms with E-state index in [0.717, 1.165) is 55.2 Å². The lowest BCUT2D eigenvalue weighted by Gasteiger charge is -2.21. The van der Waals surface area contributed by atoms with Crippen molar-refractivity contribution in [1.29, 1.82) is 0 Å². The van der Waals surface area contributed by atoms with E-state index in [0.29, 0.717) is 5.82 Å². The minimum absolute atomic E-state index is 0.0610. The Labute approximate surface area is 290 Å². The zero-order valence-electron chi connectivity index (χ0n) is 27.8. The van der Waals surface area contributed by atoms with E-state index in [1.54, 1.807) is 0 Å². The third-order valence-electron chi connectivity index (χ3n) is 10.5. The number of fused-ring (bicyclic) bond motifs is 7. The van der Waals surface area contributed by atoms with E-state index < -0.39 is 0 Å². The Morgan fingerprint density at radius 1 is 0.460 bits per heavy atom. The Bertz CT molecular complexity index is 2770. The minimum atomic E-state index is -0.0610. The van der Waals surface area contributed by atoms with Gasteiger partial charge in [-0.05, 0) is 68.8 Å². The molecule has 0 aliphatic heterocycles. The molecule has 10 rings (SSSR count). The molecule has 9 aromatic rings. The van der Waals surface area contributed by atoms with E-state index in [1.807, 2.05) is 24.3 Å². The van der Waals surface area contributed by atoms with Gasteiger partial charge in [0.2, 0.25) is 0 Å². The first-order valence-electron chi connectivity index (χ1n) is 17.2. The van der Waals surface area contributed by atoms with Crippen molar-refractivity contribution < 1.29 is 4.42 Å². The molecule has 0 amide bonds. The molecule has 0 saturated heterocycles.